The Kier molecular flexibility index (Phi) is 3.68. The van der Waals surface area contributed by atoms with E-state index in [0.717, 1.165) is 16.6 Å². The van der Waals surface area contributed by atoms with Gasteiger partial charge in [0.05, 0.1) is 10.3 Å². The third-order valence-corrected chi connectivity index (χ3v) is 4.50. The van der Waals surface area contributed by atoms with Crippen LogP contribution in [0.25, 0.3) is 11.1 Å². The van der Waals surface area contributed by atoms with Crippen LogP contribution < -0.4 is 5.76 Å². The van der Waals surface area contributed by atoms with Gasteiger partial charge in [0.1, 0.15) is 5.82 Å². The van der Waals surface area contributed by atoms with Gasteiger partial charge in [-0.2, -0.15) is 0 Å². The van der Waals surface area contributed by atoms with E-state index in [4.69, 9.17) is 4.42 Å². The number of nitrogens with zero attached hydrogens (tertiary/aromatic N) is 1. The number of alkyl halides is 1. The standard InChI is InChI=1S/C16H13BrFNO2/c1-2-19-13-7-6-11(9-14(13)21-16(19)20)15(17)10-4-3-5-12(18)8-10/h3-9,15H,2H2,1H3. The lowest BCUT2D eigenvalue weighted by Gasteiger charge is -2.10. The van der Waals surface area contributed by atoms with Crippen LogP contribution in [0.3, 0.4) is 0 Å². The molecule has 1 atom stereocenters. The minimum atomic E-state index is -0.360. The third kappa shape index (κ3) is 2.53. The van der Waals surface area contributed by atoms with E-state index in [2.05, 4.69) is 15.9 Å². The molecule has 0 fully saturated rings. The van der Waals surface area contributed by atoms with Crippen molar-refractivity contribution in [2.24, 2.45) is 0 Å². The Morgan fingerprint density at radius 2 is 2.00 bits per heavy atom. The molecule has 1 unspecified atom stereocenters. The average molecular weight is 350 g/mol. The van der Waals surface area contributed by atoms with Crippen molar-refractivity contribution in [3.05, 3.63) is 70.0 Å². The Bertz CT molecular complexity index is 853. The molecule has 5 heteroatoms. The number of hydrogen-bond donors (Lipinski definition) is 0. The van der Waals surface area contributed by atoms with Crippen LogP contribution in [0.2, 0.25) is 0 Å². The molecule has 3 rings (SSSR count). The Morgan fingerprint density at radius 1 is 1.24 bits per heavy atom. The molecule has 3 aromatic rings. The lowest BCUT2D eigenvalue weighted by molar-refractivity contribution is 0.513. The summed E-state index contributed by atoms with van der Waals surface area (Å²) in [6, 6.07) is 12.0. The summed E-state index contributed by atoms with van der Waals surface area (Å²) >= 11 is 3.56. The molecule has 21 heavy (non-hydrogen) atoms. The first-order valence-corrected chi connectivity index (χ1v) is 7.54. The van der Waals surface area contributed by atoms with Crippen molar-refractivity contribution in [1.82, 2.24) is 4.57 Å². The highest BCUT2D eigenvalue weighted by atomic mass is 79.9. The summed E-state index contributed by atoms with van der Waals surface area (Å²) in [6.45, 7) is 2.46. The molecular weight excluding hydrogens is 337 g/mol. The fourth-order valence-electron chi connectivity index (χ4n) is 2.40. The first-order valence-electron chi connectivity index (χ1n) is 6.63. The Hall–Kier alpha value is -1.88. The van der Waals surface area contributed by atoms with Crippen LogP contribution in [-0.2, 0) is 6.54 Å². The molecule has 0 spiro atoms. The Balaban J connectivity index is 2.07. The van der Waals surface area contributed by atoms with Gasteiger partial charge in [-0.25, -0.2) is 9.18 Å². The molecule has 1 aromatic heterocycles. The molecule has 0 saturated heterocycles. The van der Waals surface area contributed by atoms with Crippen molar-refractivity contribution in [2.45, 2.75) is 18.3 Å². The Labute approximate surface area is 129 Å². The van der Waals surface area contributed by atoms with Crippen LogP contribution in [0.4, 0.5) is 4.39 Å². The molecule has 2 aromatic carbocycles. The van der Waals surface area contributed by atoms with Crippen LogP contribution in [0, 0.1) is 5.82 Å². The fraction of sp³-hybridized carbons (Fsp3) is 0.188. The van der Waals surface area contributed by atoms with Gasteiger partial charge in [0.15, 0.2) is 5.58 Å². The SMILES string of the molecule is CCn1c(=O)oc2cc(C(Br)c3cccc(F)c3)ccc21. The van der Waals surface area contributed by atoms with E-state index < -0.39 is 0 Å². The maximum atomic E-state index is 13.3. The molecule has 0 aliphatic heterocycles. The largest absolute Gasteiger partial charge is 0.419 e. The summed E-state index contributed by atoms with van der Waals surface area (Å²) < 4.78 is 20.1. The van der Waals surface area contributed by atoms with E-state index in [-0.39, 0.29) is 16.4 Å². The topological polar surface area (TPSA) is 35.1 Å². The van der Waals surface area contributed by atoms with E-state index in [1.807, 2.05) is 31.2 Å². The molecule has 108 valence electrons. The smallest absolute Gasteiger partial charge is 0.408 e. The minimum Gasteiger partial charge on any atom is -0.408 e. The number of fused-ring (bicyclic) bond motifs is 1. The van der Waals surface area contributed by atoms with Crippen molar-refractivity contribution in [3.8, 4) is 0 Å². The lowest BCUT2D eigenvalue weighted by atomic mass is 10.0. The van der Waals surface area contributed by atoms with Gasteiger partial charge in [-0.15, -0.1) is 0 Å². The van der Waals surface area contributed by atoms with Gasteiger partial charge in [0.2, 0.25) is 0 Å². The predicted molar refractivity (Wildman–Crippen MR) is 83.3 cm³/mol. The van der Waals surface area contributed by atoms with Crippen molar-refractivity contribution < 1.29 is 8.81 Å². The van der Waals surface area contributed by atoms with E-state index >= 15 is 0 Å². The molecule has 1 heterocycles. The maximum absolute atomic E-state index is 13.3. The zero-order chi connectivity index (χ0) is 15.0. The number of aromatic nitrogens is 1. The minimum absolute atomic E-state index is 0.159. The molecule has 0 N–H and O–H groups in total. The van der Waals surface area contributed by atoms with Gasteiger partial charge in [0.25, 0.3) is 0 Å². The van der Waals surface area contributed by atoms with Gasteiger partial charge in [-0.05, 0) is 42.3 Å². The monoisotopic (exact) mass is 349 g/mol. The number of benzene rings is 2. The number of aryl methyl sites for hydroxylation is 1. The Morgan fingerprint density at radius 3 is 2.71 bits per heavy atom. The number of halogens is 2. The molecular formula is C16H13BrFNO2. The third-order valence-electron chi connectivity index (χ3n) is 3.44. The van der Waals surface area contributed by atoms with Gasteiger partial charge >= 0.3 is 5.76 Å². The van der Waals surface area contributed by atoms with Gasteiger partial charge in [-0.3, -0.25) is 4.57 Å². The highest BCUT2D eigenvalue weighted by Crippen LogP contribution is 2.32. The van der Waals surface area contributed by atoms with Gasteiger partial charge < -0.3 is 4.42 Å². The second kappa shape index (κ2) is 5.48. The van der Waals surface area contributed by atoms with E-state index in [0.29, 0.717) is 12.1 Å². The second-order valence-corrected chi connectivity index (χ2v) is 5.67. The molecule has 0 amide bonds. The number of hydrogen-bond acceptors (Lipinski definition) is 2. The fourth-order valence-corrected chi connectivity index (χ4v) is 2.97. The summed E-state index contributed by atoms with van der Waals surface area (Å²) in [5, 5.41) is 0. The first kappa shape index (κ1) is 14.1. The zero-order valence-electron chi connectivity index (χ0n) is 11.3. The van der Waals surface area contributed by atoms with Gasteiger partial charge in [0, 0.05) is 6.54 Å². The molecule has 0 bridgehead atoms. The summed E-state index contributed by atoms with van der Waals surface area (Å²) in [6.07, 6.45) is 0. The highest BCUT2D eigenvalue weighted by Gasteiger charge is 2.14. The van der Waals surface area contributed by atoms with Gasteiger partial charge in [-0.1, -0.05) is 34.1 Å². The molecule has 0 saturated carbocycles. The maximum Gasteiger partial charge on any atom is 0.419 e. The average Bonchev–Trinajstić information content (AvgIpc) is 2.80. The van der Waals surface area contributed by atoms with Crippen LogP contribution in [0.15, 0.2) is 51.7 Å². The van der Waals surface area contributed by atoms with Crippen molar-refractivity contribution in [1.29, 1.82) is 0 Å². The van der Waals surface area contributed by atoms with Crippen LogP contribution >= 0.6 is 15.9 Å². The van der Waals surface area contributed by atoms with Crippen LogP contribution in [0.5, 0.6) is 0 Å². The zero-order valence-corrected chi connectivity index (χ0v) is 12.9. The normalized spacial score (nSPS) is 12.7. The molecule has 0 aliphatic rings. The summed E-state index contributed by atoms with van der Waals surface area (Å²) in [5.74, 6) is -0.636. The van der Waals surface area contributed by atoms with E-state index in [1.54, 1.807) is 10.6 Å². The molecule has 0 radical (unpaired) electrons. The summed E-state index contributed by atoms with van der Waals surface area (Å²) in [5.41, 5.74) is 3.03. The summed E-state index contributed by atoms with van der Waals surface area (Å²) in [4.78, 5) is 11.5. The highest BCUT2D eigenvalue weighted by molar-refractivity contribution is 9.09. The first-order chi connectivity index (χ1) is 10.1. The number of oxazole rings is 1. The van der Waals surface area contributed by atoms with E-state index in [9.17, 15) is 9.18 Å². The van der Waals surface area contributed by atoms with Crippen molar-refractivity contribution >= 4 is 27.0 Å². The lowest BCUT2D eigenvalue weighted by Crippen LogP contribution is -2.11. The van der Waals surface area contributed by atoms with Crippen LogP contribution in [0.1, 0.15) is 22.9 Å². The summed E-state index contributed by atoms with van der Waals surface area (Å²) in [7, 11) is 0. The molecule has 3 nitrogen and oxygen atoms in total. The van der Waals surface area contributed by atoms with E-state index in [1.165, 1.54) is 12.1 Å². The number of rotatable bonds is 3. The van der Waals surface area contributed by atoms with Crippen molar-refractivity contribution in [2.75, 3.05) is 0 Å². The predicted octanol–water partition coefficient (Wildman–Crippen LogP) is 4.24. The second-order valence-electron chi connectivity index (χ2n) is 4.76. The van der Waals surface area contributed by atoms with Crippen molar-refractivity contribution in [3.63, 3.8) is 0 Å². The quantitative estimate of drug-likeness (QED) is 0.663. The van der Waals surface area contributed by atoms with Crippen LogP contribution in [-0.4, -0.2) is 4.57 Å². The molecule has 0 aliphatic carbocycles.